The van der Waals surface area contributed by atoms with Crippen LogP contribution in [-0.2, 0) is 4.79 Å². The molecule has 19 heavy (non-hydrogen) atoms. The molecule has 1 aromatic rings. The number of likely N-dealkylation sites (N-methyl/N-ethyl adjacent to an activating group) is 1. The normalized spacial score (nSPS) is 27.4. The van der Waals surface area contributed by atoms with Gasteiger partial charge in [-0.05, 0) is 25.9 Å². The molecule has 1 atom stereocenters. The van der Waals surface area contributed by atoms with E-state index in [1.54, 1.807) is 0 Å². The quantitative estimate of drug-likeness (QED) is 0.871. The SMILES string of the molecule is CCN1CCC[C@]2(C1)N=C(c1ccccc1)C(=O)N2. The summed E-state index contributed by atoms with van der Waals surface area (Å²) in [5.74, 6) is -0.0378. The maximum absolute atomic E-state index is 12.2. The highest BCUT2D eigenvalue weighted by molar-refractivity contribution is 6.46. The van der Waals surface area contributed by atoms with Crippen molar-refractivity contribution in [2.45, 2.75) is 25.4 Å². The van der Waals surface area contributed by atoms with E-state index < -0.39 is 5.66 Å². The second-order valence-corrected chi connectivity index (χ2v) is 5.28. The molecule has 100 valence electrons. The Morgan fingerprint density at radius 2 is 2.16 bits per heavy atom. The lowest BCUT2D eigenvalue weighted by atomic mass is 9.99. The van der Waals surface area contributed by atoms with E-state index in [4.69, 9.17) is 4.99 Å². The Morgan fingerprint density at radius 1 is 1.37 bits per heavy atom. The Kier molecular flexibility index (Phi) is 3.11. The van der Waals surface area contributed by atoms with Crippen LogP contribution in [-0.4, -0.2) is 41.8 Å². The molecular weight excluding hydrogens is 238 g/mol. The van der Waals surface area contributed by atoms with E-state index in [9.17, 15) is 4.79 Å². The van der Waals surface area contributed by atoms with Crippen LogP contribution in [0, 0.1) is 0 Å². The molecule has 0 bridgehead atoms. The van der Waals surface area contributed by atoms with E-state index in [1.165, 1.54) is 0 Å². The van der Waals surface area contributed by atoms with Crippen LogP contribution in [0.3, 0.4) is 0 Å². The number of nitrogens with zero attached hydrogens (tertiary/aromatic N) is 2. The molecule has 1 aromatic carbocycles. The maximum Gasteiger partial charge on any atom is 0.272 e. The number of carbonyl (C=O) groups excluding carboxylic acids is 1. The Labute approximate surface area is 113 Å². The standard InChI is InChI=1S/C15H19N3O/c1-2-18-10-6-9-15(11-18)16-13(14(19)17-15)12-7-4-3-5-8-12/h3-5,7-8H,2,6,9-11H2,1H3,(H,17,19)/t15-/m0/s1. The lowest BCUT2D eigenvalue weighted by Crippen LogP contribution is -2.54. The predicted molar refractivity (Wildman–Crippen MR) is 75.2 cm³/mol. The molecular formula is C15H19N3O. The van der Waals surface area contributed by atoms with E-state index in [1.807, 2.05) is 30.3 Å². The van der Waals surface area contributed by atoms with Gasteiger partial charge in [-0.15, -0.1) is 0 Å². The summed E-state index contributed by atoms with van der Waals surface area (Å²) in [5, 5.41) is 3.10. The van der Waals surface area contributed by atoms with E-state index in [-0.39, 0.29) is 5.91 Å². The topological polar surface area (TPSA) is 44.7 Å². The summed E-state index contributed by atoms with van der Waals surface area (Å²) >= 11 is 0. The van der Waals surface area contributed by atoms with Gasteiger partial charge >= 0.3 is 0 Å². The molecule has 2 aliphatic heterocycles. The van der Waals surface area contributed by atoms with Crippen LogP contribution in [0.15, 0.2) is 35.3 Å². The molecule has 0 aromatic heterocycles. The fourth-order valence-corrected chi connectivity index (χ4v) is 2.94. The first kappa shape index (κ1) is 12.4. The highest BCUT2D eigenvalue weighted by Gasteiger charge is 2.42. The van der Waals surface area contributed by atoms with E-state index >= 15 is 0 Å². The Bertz CT molecular complexity index is 511. The van der Waals surface area contributed by atoms with Gasteiger partial charge in [-0.3, -0.25) is 9.69 Å². The van der Waals surface area contributed by atoms with Crippen LogP contribution in [0.4, 0.5) is 0 Å². The highest BCUT2D eigenvalue weighted by atomic mass is 16.2. The number of hydrogen-bond donors (Lipinski definition) is 1. The van der Waals surface area contributed by atoms with Crippen molar-refractivity contribution in [2.75, 3.05) is 19.6 Å². The second kappa shape index (κ2) is 4.78. The zero-order valence-electron chi connectivity index (χ0n) is 11.2. The molecule has 1 N–H and O–H groups in total. The minimum absolute atomic E-state index is 0.0378. The third-order valence-electron chi connectivity index (χ3n) is 3.93. The molecule has 1 fully saturated rings. The van der Waals surface area contributed by atoms with Crippen LogP contribution in [0.2, 0.25) is 0 Å². The number of likely N-dealkylation sites (tertiary alicyclic amines) is 1. The van der Waals surface area contributed by atoms with Crippen LogP contribution >= 0.6 is 0 Å². The molecule has 4 nitrogen and oxygen atoms in total. The van der Waals surface area contributed by atoms with Gasteiger partial charge in [0.2, 0.25) is 0 Å². The zero-order valence-corrected chi connectivity index (χ0v) is 11.2. The summed E-state index contributed by atoms with van der Waals surface area (Å²) in [6.07, 6.45) is 2.02. The minimum Gasteiger partial charge on any atom is -0.325 e. The molecule has 2 heterocycles. The van der Waals surface area contributed by atoms with E-state index in [0.29, 0.717) is 5.71 Å². The number of carbonyl (C=O) groups is 1. The van der Waals surface area contributed by atoms with Crippen molar-refractivity contribution in [2.24, 2.45) is 4.99 Å². The summed E-state index contributed by atoms with van der Waals surface area (Å²) < 4.78 is 0. The van der Waals surface area contributed by atoms with Crippen molar-refractivity contribution in [1.82, 2.24) is 10.2 Å². The molecule has 0 saturated carbocycles. The molecule has 0 aliphatic carbocycles. The molecule has 2 aliphatic rings. The van der Waals surface area contributed by atoms with Crippen molar-refractivity contribution < 1.29 is 4.79 Å². The number of hydrogen-bond acceptors (Lipinski definition) is 3. The van der Waals surface area contributed by atoms with Gasteiger partial charge in [-0.25, -0.2) is 4.99 Å². The van der Waals surface area contributed by atoms with Gasteiger partial charge in [-0.1, -0.05) is 37.3 Å². The molecule has 1 amide bonds. The number of aliphatic imine (C=N–C) groups is 1. The summed E-state index contributed by atoms with van der Waals surface area (Å²) in [6.45, 7) is 5.08. The third kappa shape index (κ3) is 2.28. The van der Waals surface area contributed by atoms with Crippen LogP contribution in [0.25, 0.3) is 0 Å². The Balaban J connectivity index is 1.90. The second-order valence-electron chi connectivity index (χ2n) is 5.28. The number of piperidine rings is 1. The van der Waals surface area contributed by atoms with Gasteiger partial charge in [0.15, 0.2) is 0 Å². The van der Waals surface area contributed by atoms with Crippen LogP contribution in [0.5, 0.6) is 0 Å². The number of rotatable bonds is 2. The zero-order chi connectivity index (χ0) is 13.3. The Hall–Kier alpha value is -1.68. The van der Waals surface area contributed by atoms with Crippen molar-refractivity contribution in [1.29, 1.82) is 0 Å². The highest BCUT2D eigenvalue weighted by Crippen LogP contribution is 2.27. The molecule has 0 radical (unpaired) electrons. The number of amides is 1. The van der Waals surface area contributed by atoms with Crippen molar-refractivity contribution in [3.05, 3.63) is 35.9 Å². The van der Waals surface area contributed by atoms with Gasteiger partial charge in [-0.2, -0.15) is 0 Å². The largest absolute Gasteiger partial charge is 0.325 e. The van der Waals surface area contributed by atoms with Crippen molar-refractivity contribution in [3.63, 3.8) is 0 Å². The average molecular weight is 257 g/mol. The van der Waals surface area contributed by atoms with Gasteiger partial charge in [0.05, 0.1) is 0 Å². The molecule has 3 rings (SSSR count). The number of benzene rings is 1. The first-order chi connectivity index (χ1) is 9.22. The summed E-state index contributed by atoms with van der Waals surface area (Å²) in [5.41, 5.74) is 1.10. The van der Waals surface area contributed by atoms with Gasteiger partial charge < -0.3 is 5.32 Å². The lowest BCUT2D eigenvalue weighted by Gasteiger charge is -2.37. The maximum atomic E-state index is 12.2. The van der Waals surface area contributed by atoms with E-state index in [0.717, 1.165) is 38.0 Å². The van der Waals surface area contributed by atoms with Crippen LogP contribution < -0.4 is 5.32 Å². The van der Waals surface area contributed by atoms with Gasteiger partial charge in [0.25, 0.3) is 5.91 Å². The minimum atomic E-state index is -0.392. The molecule has 0 unspecified atom stereocenters. The lowest BCUT2D eigenvalue weighted by molar-refractivity contribution is -0.115. The van der Waals surface area contributed by atoms with Crippen molar-refractivity contribution in [3.8, 4) is 0 Å². The first-order valence-corrected chi connectivity index (χ1v) is 6.92. The first-order valence-electron chi connectivity index (χ1n) is 6.92. The fourth-order valence-electron chi connectivity index (χ4n) is 2.94. The molecule has 1 spiro atoms. The third-order valence-corrected chi connectivity index (χ3v) is 3.93. The summed E-state index contributed by atoms with van der Waals surface area (Å²) in [4.78, 5) is 19.3. The summed E-state index contributed by atoms with van der Waals surface area (Å²) in [6, 6.07) is 9.71. The van der Waals surface area contributed by atoms with Crippen molar-refractivity contribution >= 4 is 11.6 Å². The average Bonchev–Trinajstić information content (AvgIpc) is 2.76. The van der Waals surface area contributed by atoms with Crippen LogP contribution in [0.1, 0.15) is 25.3 Å². The summed E-state index contributed by atoms with van der Waals surface area (Å²) in [7, 11) is 0. The molecule has 4 heteroatoms. The van der Waals surface area contributed by atoms with Gasteiger partial charge in [0.1, 0.15) is 11.4 Å². The predicted octanol–water partition coefficient (Wildman–Crippen LogP) is 1.42. The fraction of sp³-hybridized carbons (Fsp3) is 0.467. The Morgan fingerprint density at radius 3 is 2.89 bits per heavy atom. The smallest absolute Gasteiger partial charge is 0.272 e. The number of nitrogens with one attached hydrogen (secondary N) is 1. The monoisotopic (exact) mass is 257 g/mol. The molecule has 1 saturated heterocycles. The van der Waals surface area contributed by atoms with Gasteiger partial charge in [0, 0.05) is 12.1 Å². The van der Waals surface area contributed by atoms with E-state index in [2.05, 4.69) is 17.1 Å².